The lowest BCUT2D eigenvalue weighted by Gasteiger charge is -2.18. The molecule has 0 saturated heterocycles. The van der Waals surface area contributed by atoms with Crippen LogP contribution in [-0.4, -0.2) is 27.5 Å². The monoisotopic (exact) mass is 418 g/mol. The van der Waals surface area contributed by atoms with Crippen LogP contribution in [0.2, 0.25) is 0 Å². The van der Waals surface area contributed by atoms with Crippen molar-refractivity contribution in [3.63, 3.8) is 0 Å². The highest BCUT2D eigenvalue weighted by Crippen LogP contribution is 2.32. The fraction of sp³-hybridized carbons (Fsp3) is 0.0476. The summed E-state index contributed by atoms with van der Waals surface area (Å²) < 4.78 is 24.8. The molecule has 0 unspecified atom stereocenters. The molecule has 0 aliphatic carbocycles. The number of benzene rings is 2. The van der Waals surface area contributed by atoms with Crippen molar-refractivity contribution in [2.24, 2.45) is 0 Å². The third-order valence-electron chi connectivity index (χ3n) is 4.47. The third kappa shape index (κ3) is 3.99. The Kier molecular flexibility index (Phi) is 4.64. The van der Waals surface area contributed by atoms with Crippen LogP contribution in [0.1, 0.15) is 0 Å². The summed E-state index contributed by atoms with van der Waals surface area (Å²) in [5.74, 6) is 0.271. The van der Waals surface area contributed by atoms with Gasteiger partial charge >= 0.3 is 5.97 Å². The van der Waals surface area contributed by atoms with Crippen molar-refractivity contribution in [2.75, 3.05) is 22.5 Å². The minimum Gasteiger partial charge on any atom is -0.444 e. The number of carbonyl (C=O) groups is 1. The van der Waals surface area contributed by atoms with Crippen LogP contribution in [0.25, 0.3) is 11.3 Å². The first-order valence-corrected chi connectivity index (χ1v) is 9.28. The maximum Gasteiger partial charge on any atom is 0.330 e. The van der Waals surface area contributed by atoms with Gasteiger partial charge in [-0.25, -0.2) is 19.2 Å². The van der Waals surface area contributed by atoms with Gasteiger partial charge in [0.05, 0.1) is 18.1 Å². The lowest BCUT2D eigenvalue weighted by atomic mass is 10.1. The molecule has 2 aromatic heterocycles. The Morgan fingerprint density at radius 1 is 1.06 bits per heavy atom. The van der Waals surface area contributed by atoms with E-state index in [1.165, 1.54) is 6.39 Å². The van der Waals surface area contributed by atoms with E-state index >= 15 is 0 Å². The molecule has 2 aromatic carbocycles. The van der Waals surface area contributed by atoms with Crippen molar-refractivity contribution < 1.29 is 18.3 Å². The highest BCUT2D eigenvalue weighted by atomic mass is 19.1. The van der Waals surface area contributed by atoms with Crippen molar-refractivity contribution in [1.82, 2.24) is 15.0 Å². The highest BCUT2D eigenvalue weighted by Gasteiger charge is 2.17. The van der Waals surface area contributed by atoms with Gasteiger partial charge in [-0.2, -0.15) is 4.98 Å². The molecule has 5 rings (SSSR count). The van der Waals surface area contributed by atoms with E-state index in [1.54, 1.807) is 24.4 Å². The van der Waals surface area contributed by atoms with Crippen LogP contribution in [0.4, 0.5) is 33.2 Å². The maximum atomic E-state index is 14.3. The molecule has 0 atom stereocenters. The molecule has 3 heterocycles. The van der Waals surface area contributed by atoms with Crippen LogP contribution in [0, 0.1) is 5.82 Å². The first-order valence-electron chi connectivity index (χ1n) is 9.28. The van der Waals surface area contributed by atoms with Gasteiger partial charge in [0.2, 0.25) is 5.95 Å². The fourth-order valence-electron chi connectivity index (χ4n) is 3.05. The second kappa shape index (κ2) is 7.75. The molecule has 1 aliphatic heterocycles. The molecule has 0 radical (unpaired) electrons. The average Bonchev–Trinajstić information content (AvgIpc) is 3.31. The highest BCUT2D eigenvalue weighted by molar-refractivity contribution is 5.84. The predicted molar refractivity (Wildman–Crippen MR) is 111 cm³/mol. The number of esters is 1. The van der Waals surface area contributed by atoms with E-state index in [4.69, 9.17) is 9.15 Å². The Morgan fingerprint density at radius 2 is 1.97 bits per heavy atom. The van der Waals surface area contributed by atoms with E-state index in [2.05, 4.69) is 30.9 Å². The number of hydrogen-bond donors (Lipinski definition) is 3. The minimum atomic E-state index is -0.613. The van der Waals surface area contributed by atoms with Gasteiger partial charge in [0.1, 0.15) is 6.54 Å². The van der Waals surface area contributed by atoms with Crippen LogP contribution in [-0.2, 0) is 4.79 Å². The van der Waals surface area contributed by atoms with E-state index in [9.17, 15) is 9.18 Å². The molecule has 3 N–H and O–H groups in total. The maximum absolute atomic E-state index is 14.3. The normalized spacial score (nSPS) is 12.5. The topological polar surface area (TPSA) is 114 Å². The molecular weight excluding hydrogens is 403 g/mol. The van der Waals surface area contributed by atoms with E-state index in [0.717, 1.165) is 11.8 Å². The summed E-state index contributed by atoms with van der Waals surface area (Å²) in [7, 11) is 0. The summed E-state index contributed by atoms with van der Waals surface area (Å²) in [6, 6.07) is 12.4. The molecule has 0 fully saturated rings. The molecule has 31 heavy (non-hydrogen) atoms. The van der Waals surface area contributed by atoms with Crippen LogP contribution >= 0.6 is 0 Å². The zero-order valence-corrected chi connectivity index (χ0v) is 15.9. The second-order valence-corrected chi connectivity index (χ2v) is 6.63. The Bertz CT molecular complexity index is 1260. The first kappa shape index (κ1) is 18.6. The molecule has 154 valence electrons. The number of halogens is 1. The van der Waals surface area contributed by atoms with Crippen molar-refractivity contribution >= 4 is 34.8 Å². The summed E-state index contributed by atoms with van der Waals surface area (Å²) in [5.41, 5.74) is 2.72. The lowest BCUT2D eigenvalue weighted by molar-refractivity contribution is -0.132. The summed E-state index contributed by atoms with van der Waals surface area (Å²) in [5, 5.41) is 8.93. The number of oxazole rings is 1. The molecular formula is C21H15FN6O3. The quantitative estimate of drug-likeness (QED) is 0.326. The van der Waals surface area contributed by atoms with Gasteiger partial charge in [-0.1, -0.05) is 12.1 Å². The van der Waals surface area contributed by atoms with Crippen molar-refractivity contribution in [2.45, 2.75) is 0 Å². The molecule has 1 aliphatic rings. The summed E-state index contributed by atoms with van der Waals surface area (Å²) in [6.07, 6.45) is 4.05. The Balaban J connectivity index is 1.36. The van der Waals surface area contributed by atoms with Gasteiger partial charge in [-0.05, 0) is 30.3 Å². The number of aromatic nitrogens is 3. The number of anilines is 5. The van der Waals surface area contributed by atoms with Gasteiger partial charge in [0.15, 0.2) is 29.5 Å². The van der Waals surface area contributed by atoms with Crippen LogP contribution in [0.15, 0.2) is 65.7 Å². The number of carbonyl (C=O) groups excluding carboxylic acids is 1. The molecule has 4 aromatic rings. The van der Waals surface area contributed by atoms with Gasteiger partial charge in [0.25, 0.3) is 0 Å². The molecule has 0 bridgehead atoms. The zero-order chi connectivity index (χ0) is 21.2. The number of fused-ring (bicyclic) bond motifs is 1. The van der Waals surface area contributed by atoms with Gasteiger partial charge in [0, 0.05) is 16.9 Å². The number of hydrogen-bond acceptors (Lipinski definition) is 9. The van der Waals surface area contributed by atoms with Gasteiger partial charge < -0.3 is 25.1 Å². The summed E-state index contributed by atoms with van der Waals surface area (Å²) in [4.78, 5) is 23.5. The number of ether oxygens (including phenoxy) is 1. The van der Waals surface area contributed by atoms with E-state index in [0.29, 0.717) is 28.6 Å². The van der Waals surface area contributed by atoms with Gasteiger partial charge in [-0.15, -0.1) is 0 Å². The SMILES string of the molecule is O=C1CNc2cc(Nc3nc(Nc4cccc(-c5cnco5)c4)ncc3F)ccc2O1. The van der Waals surface area contributed by atoms with E-state index in [1.807, 2.05) is 24.3 Å². The average molecular weight is 418 g/mol. The smallest absolute Gasteiger partial charge is 0.330 e. The molecule has 9 nitrogen and oxygen atoms in total. The number of nitrogens with zero attached hydrogens (tertiary/aromatic N) is 3. The Morgan fingerprint density at radius 3 is 2.84 bits per heavy atom. The predicted octanol–water partition coefficient (Wildman–Crippen LogP) is 4.09. The molecule has 0 saturated carbocycles. The molecule has 0 amide bonds. The van der Waals surface area contributed by atoms with E-state index < -0.39 is 5.82 Å². The Hall–Kier alpha value is -4.47. The van der Waals surface area contributed by atoms with E-state index in [-0.39, 0.29) is 24.3 Å². The molecule has 0 spiro atoms. The first-order chi connectivity index (χ1) is 15.1. The van der Waals surface area contributed by atoms with Crippen molar-refractivity contribution in [1.29, 1.82) is 0 Å². The summed E-state index contributed by atoms with van der Waals surface area (Å²) in [6.45, 7) is 0.0690. The summed E-state index contributed by atoms with van der Waals surface area (Å²) >= 11 is 0. The largest absolute Gasteiger partial charge is 0.444 e. The lowest BCUT2D eigenvalue weighted by Crippen LogP contribution is -2.24. The molecule has 10 heteroatoms. The van der Waals surface area contributed by atoms with Crippen molar-refractivity contribution in [3.8, 4) is 17.1 Å². The minimum absolute atomic E-state index is 0.00311. The zero-order valence-electron chi connectivity index (χ0n) is 15.9. The third-order valence-corrected chi connectivity index (χ3v) is 4.47. The van der Waals surface area contributed by atoms with Gasteiger partial charge in [-0.3, -0.25) is 0 Å². The van der Waals surface area contributed by atoms with Crippen molar-refractivity contribution in [3.05, 3.63) is 67.1 Å². The Labute approximate surface area is 175 Å². The fourth-order valence-corrected chi connectivity index (χ4v) is 3.05. The van der Waals surface area contributed by atoms with Crippen LogP contribution < -0.4 is 20.7 Å². The standard InChI is InChI=1S/C21H15FN6O3/c22-15-8-25-21(27-13-3-1-2-12(6-13)18-9-23-11-30-18)28-20(15)26-14-4-5-17-16(7-14)24-10-19(29)31-17/h1-9,11,24H,10H2,(H2,25,26,27,28). The second-order valence-electron chi connectivity index (χ2n) is 6.63. The number of nitrogens with one attached hydrogen (secondary N) is 3. The number of rotatable bonds is 5. The van der Waals surface area contributed by atoms with Crippen LogP contribution in [0.5, 0.6) is 5.75 Å². The van der Waals surface area contributed by atoms with Crippen LogP contribution in [0.3, 0.4) is 0 Å².